The second kappa shape index (κ2) is 17.1. The molecule has 0 N–H and O–H groups in total. The third kappa shape index (κ3) is 8.43. The van der Waals surface area contributed by atoms with Gasteiger partial charge in [-0.05, 0) is 104 Å². The molecule has 0 aliphatic carbocycles. The van der Waals surface area contributed by atoms with Crippen LogP contribution in [0.4, 0.5) is 51.7 Å². The Kier molecular flexibility index (Phi) is 11.1. The summed E-state index contributed by atoms with van der Waals surface area (Å²) in [5, 5.41) is 6.04. The first-order valence-electron chi connectivity index (χ1n) is 22.6. The van der Waals surface area contributed by atoms with E-state index in [1.807, 2.05) is 36.4 Å². The second-order valence-electron chi connectivity index (χ2n) is 19.2. The van der Waals surface area contributed by atoms with Crippen LogP contribution in [0.2, 0.25) is 0 Å². The molecule has 0 atom stereocenters. The van der Waals surface area contributed by atoms with Crippen molar-refractivity contribution in [3.05, 3.63) is 216 Å². The molecule has 10 rings (SSSR count). The van der Waals surface area contributed by atoms with Gasteiger partial charge in [-0.25, -0.2) is 17.6 Å². The molecule has 0 aliphatic heterocycles. The van der Waals surface area contributed by atoms with Gasteiger partial charge in [0.2, 0.25) is 0 Å². The number of hydrogen-bond acceptors (Lipinski definition) is 4. The van der Waals surface area contributed by atoms with Crippen LogP contribution in [0.3, 0.4) is 0 Å². The maximum Gasteiger partial charge on any atom is 0.151 e. The smallest absolute Gasteiger partial charge is 0.151 e. The van der Waals surface area contributed by atoms with E-state index in [-0.39, 0.29) is 22.3 Å². The van der Waals surface area contributed by atoms with Crippen LogP contribution in [0.15, 0.2) is 182 Å². The minimum absolute atomic E-state index is 0.0357. The number of benzene rings is 10. The van der Waals surface area contributed by atoms with Crippen molar-refractivity contribution in [3.8, 4) is 23.0 Å². The monoisotopic (exact) mass is 904 g/mol. The topological polar surface area (TPSA) is 24.9 Å². The van der Waals surface area contributed by atoms with E-state index in [1.165, 1.54) is 24.3 Å². The van der Waals surface area contributed by atoms with Crippen LogP contribution in [0.25, 0.3) is 32.3 Å². The van der Waals surface area contributed by atoms with Crippen molar-refractivity contribution in [1.82, 2.24) is 0 Å². The van der Waals surface area contributed by atoms with Crippen molar-refractivity contribution in [3.63, 3.8) is 0 Å². The van der Waals surface area contributed by atoms with Gasteiger partial charge in [0.1, 0.15) is 34.8 Å². The first kappa shape index (κ1) is 44.0. The highest BCUT2D eigenvalue weighted by Crippen LogP contribution is 2.51. The summed E-state index contributed by atoms with van der Waals surface area (Å²) in [6, 6.07) is 55.2. The van der Waals surface area contributed by atoms with E-state index in [0.29, 0.717) is 22.9 Å². The first-order chi connectivity index (χ1) is 32.6. The highest BCUT2D eigenvalue weighted by Gasteiger charge is 2.26. The summed E-state index contributed by atoms with van der Waals surface area (Å²) in [4.78, 5) is 4.27. The number of rotatable bonds is 10. The predicted molar refractivity (Wildman–Crippen MR) is 270 cm³/mol. The quantitative estimate of drug-likeness (QED) is 0.101. The van der Waals surface area contributed by atoms with E-state index in [2.05, 4.69) is 148 Å². The Morgan fingerprint density at radius 1 is 0.353 bits per heavy atom. The molecule has 0 amide bonds. The van der Waals surface area contributed by atoms with Crippen LogP contribution in [-0.4, -0.2) is 0 Å². The summed E-state index contributed by atoms with van der Waals surface area (Å²) in [6.45, 7) is 13.1. The number of ether oxygens (including phenoxy) is 2. The van der Waals surface area contributed by atoms with E-state index >= 15 is 0 Å². The molecule has 0 aromatic heterocycles. The van der Waals surface area contributed by atoms with Crippen molar-refractivity contribution in [2.24, 2.45) is 0 Å². The molecular formula is C60H48F4N2O2. The second-order valence-corrected chi connectivity index (χ2v) is 19.2. The summed E-state index contributed by atoms with van der Waals surface area (Å²) in [5.41, 5.74) is 6.90. The zero-order chi connectivity index (χ0) is 47.5. The number of hydrogen-bond donors (Lipinski definition) is 0. The Morgan fingerprint density at radius 3 is 1.04 bits per heavy atom. The maximum atomic E-state index is 14.5. The third-order valence-electron chi connectivity index (χ3n) is 12.4. The van der Waals surface area contributed by atoms with E-state index in [4.69, 9.17) is 9.47 Å². The van der Waals surface area contributed by atoms with Crippen LogP contribution >= 0.6 is 0 Å². The SMILES string of the molecule is CC(C)(C)c1ccc(N(c2ccccc2Oc2cc(F)cc(F)c2)c2ccc3ccc4c(N(c5ccc(C(C)(C)C)cc5)c5ccccc5Oc5cc(F)cc(F)c5)ccc5ccc2c3c54)cc1. The van der Waals surface area contributed by atoms with Crippen molar-refractivity contribution in [2.45, 2.75) is 52.4 Å². The lowest BCUT2D eigenvalue weighted by Crippen LogP contribution is -2.14. The Labute approximate surface area is 393 Å². The molecular weight excluding hydrogens is 857 g/mol. The van der Waals surface area contributed by atoms with Gasteiger partial charge in [0.05, 0.1) is 22.7 Å². The Morgan fingerprint density at radius 2 is 0.691 bits per heavy atom. The zero-order valence-corrected chi connectivity index (χ0v) is 38.5. The molecule has 10 aromatic rings. The first-order valence-corrected chi connectivity index (χ1v) is 22.6. The van der Waals surface area contributed by atoms with E-state index in [1.54, 1.807) is 12.1 Å². The molecule has 0 saturated heterocycles. The average molecular weight is 905 g/mol. The number of anilines is 6. The van der Waals surface area contributed by atoms with Gasteiger partial charge in [0, 0.05) is 58.5 Å². The standard InChI is InChI=1S/C60H48F4N2O2/c1-59(2,3)39-19-23-45(24-20-39)65(53-11-7-9-13-55(53)67-47-33-41(61)31-42(62)34-47)51-29-17-37-16-28-50-52(30-18-38-15-27-49(51)57(37)58(38)50)66(46-25-21-40(22-26-46)60(4,5)6)54-12-8-10-14-56(54)68-48-35-43(63)32-44(64)36-48/h7-36H,1-6H3. The summed E-state index contributed by atoms with van der Waals surface area (Å²) in [6.07, 6.45) is 0. The number of para-hydroxylation sites is 4. The summed E-state index contributed by atoms with van der Waals surface area (Å²) in [7, 11) is 0. The number of halogens is 4. The molecule has 4 nitrogen and oxygen atoms in total. The van der Waals surface area contributed by atoms with E-state index in [0.717, 1.165) is 78.3 Å². The van der Waals surface area contributed by atoms with Crippen LogP contribution in [0.5, 0.6) is 23.0 Å². The van der Waals surface area contributed by atoms with Gasteiger partial charge in [-0.2, -0.15) is 0 Å². The molecule has 10 aromatic carbocycles. The van der Waals surface area contributed by atoms with Crippen LogP contribution in [-0.2, 0) is 10.8 Å². The molecule has 0 bridgehead atoms. The summed E-state index contributed by atoms with van der Waals surface area (Å²) in [5.74, 6) is -2.08. The van der Waals surface area contributed by atoms with Gasteiger partial charge in [-0.15, -0.1) is 0 Å². The van der Waals surface area contributed by atoms with Crippen LogP contribution in [0.1, 0.15) is 52.7 Å². The van der Waals surface area contributed by atoms with Gasteiger partial charge in [-0.1, -0.05) is 126 Å². The Hall–Kier alpha value is -7.84. The molecule has 0 aliphatic rings. The summed E-state index contributed by atoms with van der Waals surface area (Å²) >= 11 is 0. The lowest BCUT2D eigenvalue weighted by Gasteiger charge is -2.31. The Bertz CT molecular complexity index is 3210. The van der Waals surface area contributed by atoms with Gasteiger partial charge in [0.15, 0.2) is 11.5 Å². The fourth-order valence-electron chi connectivity index (χ4n) is 9.08. The van der Waals surface area contributed by atoms with Crippen molar-refractivity contribution in [2.75, 3.05) is 9.80 Å². The Balaban J connectivity index is 1.19. The molecule has 338 valence electrons. The lowest BCUT2D eigenvalue weighted by molar-refractivity contribution is 0.468. The van der Waals surface area contributed by atoms with Crippen LogP contribution in [0, 0.1) is 23.3 Å². The van der Waals surface area contributed by atoms with Gasteiger partial charge in [-0.3, -0.25) is 0 Å². The highest BCUT2D eigenvalue weighted by atomic mass is 19.1. The molecule has 0 spiro atoms. The van der Waals surface area contributed by atoms with Gasteiger partial charge < -0.3 is 19.3 Å². The van der Waals surface area contributed by atoms with Crippen molar-refractivity contribution >= 4 is 66.4 Å². The maximum absolute atomic E-state index is 14.5. The largest absolute Gasteiger partial charge is 0.455 e. The van der Waals surface area contributed by atoms with E-state index in [9.17, 15) is 17.6 Å². The molecule has 0 saturated carbocycles. The third-order valence-corrected chi connectivity index (χ3v) is 12.4. The molecule has 0 fully saturated rings. The van der Waals surface area contributed by atoms with Crippen LogP contribution < -0.4 is 19.3 Å². The molecule has 68 heavy (non-hydrogen) atoms. The lowest BCUT2D eigenvalue weighted by atomic mass is 9.87. The van der Waals surface area contributed by atoms with Gasteiger partial charge >= 0.3 is 0 Å². The predicted octanol–water partition coefficient (Wildman–Crippen LogP) is 18.3. The fraction of sp³-hybridized carbons (Fsp3) is 0.133. The average Bonchev–Trinajstić information content (AvgIpc) is 3.29. The molecule has 0 radical (unpaired) electrons. The minimum Gasteiger partial charge on any atom is -0.455 e. The molecule has 8 heteroatoms. The van der Waals surface area contributed by atoms with Crippen molar-refractivity contribution < 1.29 is 27.0 Å². The zero-order valence-electron chi connectivity index (χ0n) is 38.5. The van der Waals surface area contributed by atoms with Crippen molar-refractivity contribution in [1.29, 1.82) is 0 Å². The molecule has 0 heterocycles. The normalized spacial score (nSPS) is 12.0. The minimum atomic E-state index is -0.739. The highest BCUT2D eigenvalue weighted by molar-refractivity contribution is 6.28. The van der Waals surface area contributed by atoms with E-state index < -0.39 is 23.3 Å². The molecule has 0 unspecified atom stereocenters. The summed E-state index contributed by atoms with van der Waals surface area (Å²) < 4.78 is 70.8. The number of nitrogens with zero attached hydrogens (tertiary/aromatic N) is 2. The fourth-order valence-corrected chi connectivity index (χ4v) is 9.08. The van der Waals surface area contributed by atoms with Gasteiger partial charge in [0.25, 0.3) is 0 Å².